The van der Waals surface area contributed by atoms with E-state index in [0.29, 0.717) is 17.1 Å². The van der Waals surface area contributed by atoms with E-state index < -0.39 is 6.04 Å². The average molecular weight is 354 g/mol. The van der Waals surface area contributed by atoms with Gasteiger partial charge in [-0.05, 0) is 46.1 Å². The lowest BCUT2D eigenvalue weighted by Crippen LogP contribution is -2.37. The molecule has 1 atom stereocenters. The molecule has 0 heterocycles. The third kappa shape index (κ3) is 4.07. The number of hydrogen-bond donors (Lipinski definition) is 2. The van der Waals surface area contributed by atoms with Gasteiger partial charge in [0.15, 0.2) is 0 Å². The summed E-state index contributed by atoms with van der Waals surface area (Å²) in [6, 6.07) is 14.3. The summed E-state index contributed by atoms with van der Waals surface area (Å²) in [5.74, 6) is -0.225. The van der Waals surface area contributed by atoms with Crippen LogP contribution < -0.4 is 11.1 Å². The Hall–Kier alpha value is -1.36. The van der Waals surface area contributed by atoms with Crippen molar-refractivity contribution in [3.8, 4) is 0 Å². The Morgan fingerprint density at radius 1 is 1.25 bits per heavy atom. The molecule has 0 aliphatic carbocycles. The van der Waals surface area contributed by atoms with Gasteiger partial charge < -0.3 is 11.1 Å². The van der Waals surface area contributed by atoms with Crippen LogP contribution in [0, 0.1) is 0 Å². The molecule has 2 aromatic rings. The highest BCUT2D eigenvalue weighted by atomic mass is 79.9. The zero-order chi connectivity index (χ0) is 14.5. The highest BCUT2D eigenvalue weighted by Crippen LogP contribution is 2.25. The number of carbonyl (C=O) groups excluding carboxylic acids is 1. The quantitative estimate of drug-likeness (QED) is 0.882. The maximum absolute atomic E-state index is 12.1. The first kappa shape index (κ1) is 15.0. The van der Waals surface area contributed by atoms with E-state index in [2.05, 4.69) is 21.2 Å². The van der Waals surface area contributed by atoms with Gasteiger partial charge in [0.05, 0.1) is 11.7 Å². The number of amides is 1. The highest BCUT2D eigenvalue weighted by Gasteiger charge is 2.15. The molecule has 0 fully saturated rings. The van der Waals surface area contributed by atoms with E-state index in [1.54, 1.807) is 18.2 Å². The minimum atomic E-state index is -0.597. The second kappa shape index (κ2) is 6.88. The molecule has 20 heavy (non-hydrogen) atoms. The zero-order valence-corrected chi connectivity index (χ0v) is 13.0. The highest BCUT2D eigenvalue weighted by molar-refractivity contribution is 9.10. The predicted octanol–water partition coefficient (Wildman–Crippen LogP) is 3.61. The number of anilines is 1. The molecule has 0 spiro atoms. The molecule has 0 radical (unpaired) electrons. The van der Waals surface area contributed by atoms with Crippen molar-refractivity contribution >= 4 is 39.1 Å². The van der Waals surface area contributed by atoms with E-state index >= 15 is 0 Å². The number of halogens is 2. The summed E-state index contributed by atoms with van der Waals surface area (Å²) in [7, 11) is 0. The third-order valence-corrected chi connectivity index (χ3v) is 3.72. The van der Waals surface area contributed by atoms with Crippen LogP contribution in [0.15, 0.2) is 53.0 Å². The predicted molar refractivity (Wildman–Crippen MR) is 85.9 cm³/mol. The molecule has 2 rings (SSSR count). The number of rotatable bonds is 4. The molecular formula is C15H14BrClN2O. The summed E-state index contributed by atoms with van der Waals surface area (Å²) in [6.07, 6.45) is 0.498. The summed E-state index contributed by atoms with van der Waals surface area (Å²) in [4.78, 5) is 12.1. The maximum atomic E-state index is 12.1. The zero-order valence-electron chi connectivity index (χ0n) is 10.6. The Balaban J connectivity index is 2.01. The van der Waals surface area contributed by atoms with Crippen molar-refractivity contribution in [1.82, 2.24) is 0 Å². The van der Waals surface area contributed by atoms with E-state index in [9.17, 15) is 4.79 Å². The van der Waals surface area contributed by atoms with E-state index in [4.69, 9.17) is 17.3 Å². The Morgan fingerprint density at radius 2 is 1.95 bits per heavy atom. The molecule has 0 aromatic heterocycles. The SMILES string of the molecule is N[C@@H](Cc1ccccc1)C(=O)Nc1ccc(Cl)cc1Br. The van der Waals surface area contributed by atoms with Crippen LogP contribution in [0.4, 0.5) is 5.69 Å². The van der Waals surface area contributed by atoms with Crippen LogP contribution in [-0.2, 0) is 11.2 Å². The van der Waals surface area contributed by atoms with Gasteiger partial charge in [-0.2, -0.15) is 0 Å². The number of nitrogens with two attached hydrogens (primary N) is 1. The fourth-order valence-corrected chi connectivity index (χ4v) is 2.56. The smallest absolute Gasteiger partial charge is 0.241 e. The number of nitrogens with one attached hydrogen (secondary N) is 1. The fraction of sp³-hybridized carbons (Fsp3) is 0.133. The van der Waals surface area contributed by atoms with E-state index in [1.165, 1.54) is 0 Å². The van der Waals surface area contributed by atoms with Crippen LogP contribution in [0.25, 0.3) is 0 Å². The van der Waals surface area contributed by atoms with Crippen molar-refractivity contribution in [1.29, 1.82) is 0 Å². The normalized spacial score (nSPS) is 11.9. The lowest BCUT2D eigenvalue weighted by atomic mass is 10.1. The Bertz CT molecular complexity index is 604. The van der Waals surface area contributed by atoms with Gasteiger partial charge in [0.2, 0.25) is 5.91 Å². The summed E-state index contributed by atoms with van der Waals surface area (Å²) < 4.78 is 0.727. The van der Waals surface area contributed by atoms with E-state index in [0.717, 1.165) is 10.0 Å². The minimum absolute atomic E-state index is 0.225. The van der Waals surface area contributed by atoms with Gasteiger partial charge in [-0.3, -0.25) is 4.79 Å². The second-order valence-electron chi connectivity index (χ2n) is 4.41. The molecule has 5 heteroatoms. The maximum Gasteiger partial charge on any atom is 0.241 e. The summed E-state index contributed by atoms with van der Waals surface area (Å²) in [6.45, 7) is 0. The van der Waals surface area contributed by atoms with Crippen LogP contribution >= 0.6 is 27.5 Å². The third-order valence-electron chi connectivity index (χ3n) is 2.82. The lowest BCUT2D eigenvalue weighted by molar-refractivity contribution is -0.117. The standard InChI is InChI=1S/C15H14BrClN2O/c16-12-9-11(17)6-7-14(12)19-15(20)13(18)8-10-4-2-1-3-5-10/h1-7,9,13H,8,18H2,(H,19,20)/t13-/m0/s1. The summed E-state index contributed by atoms with van der Waals surface area (Å²) in [5.41, 5.74) is 7.61. The molecule has 0 bridgehead atoms. The van der Waals surface area contributed by atoms with Crippen molar-refractivity contribution < 1.29 is 4.79 Å². The molecule has 0 aliphatic rings. The second-order valence-corrected chi connectivity index (χ2v) is 5.70. The lowest BCUT2D eigenvalue weighted by Gasteiger charge is -2.13. The topological polar surface area (TPSA) is 55.1 Å². The Kier molecular flexibility index (Phi) is 5.17. The number of carbonyl (C=O) groups is 1. The van der Waals surface area contributed by atoms with Crippen LogP contribution in [0.3, 0.4) is 0 Å². The van der Waals surface area contributed by atoms with Gasteiger partial charge in [-0.1, -0.05) is 41.9 Å². The van der Waals surface area contributed by atoms with Crippen LogP contribution in [0.1, 0.15) is 5.56 Å². The number of hydrogen-bond acceptors (Lipinski definition) is 2. The molecule has 3 N–H and O–H groups in total. The average Bonchev–Trinajstić information content (AvgIpc) is 2.43. The molecule has 2 aromatic carbocycles. The molecule has 0 saturated heterocycles. The molecule has 0 saturated carbocycles. The molecule has 1 amide bonds. The van der Waals surface area contributed by atoms with Gasteiger partial charge in [0.25, 0.3) is 0 Å². The van der Waals surface area contributed by atoms with Crippen LogP contribution in [0.2, 0.25) is 5.02 Å². The van der Waals surface area contributed by atoms with E-state index in [1.807, 2.05) is 30.3 Å². The van der Waals surface area contributed by atoms with Gasteiger partial charge in [-0.25, -0.2) is 0 Å². The van der Waals surface area contributed by atoms with Gasteiger partial charge in [-0.15, -0.1) is 0 Å². The van der Waals surface area contributed by atoms with Crippen molar-refractivity contribution in [2.24, 2.45) is 5.73 Å². The molecule has 0 aliphatic heterocycles. The molecule has 3 nitrogen and oxygen atoms in total. The van der Waals surface area contributed by atoms with Gasteiger partial charge in [0, 0.05) is 9.50 Å². The molecule has 104 valence electrons. The number of benzene rings is 2. The van der Waals surface area contributed by atoms with Crippen molar-refractivity contribution in [2.45, 2.75) is 12.5 Å². The van der Waals surface area contributed by atoms with Crippen molar-refractivity contribution in [3.05, 3.63) is 63.6 Å². The summed E-state index contributed by atoms with van der Waals surface area (Å²) in [5, 5.41) is 3.39. The van der Waals surface area contributed by atoms with Crippen LogP contribution in [0.5, 0.6) is 0 Å². The fourth-order valence-electron chi connectivity index (χ4n) is 1.78. The molecule has 0 unspecified atom stereocenters. The van der Waals surface area contributed by atoms with Gasteiger partial charge in [0.1, 0.15) is 0 Å². The van der Waals surface area contributed by atoms with Crippen LogP contribution in [-0.4, -0.2) is 11.9 Å². The van der Waals surface area contributed by atoms with Crippen molar-refractivity contribution in [3.63, 3.8) is 0 Å². The van der Waals surface area contributed by atoms with Gasteiger partial charge >= 0.3 is 0 Å². The monoisotopic (exact) mass is 352 g/mol. The van der Waals surface area contributed by atoms with Crippen molar-refractivity contribution in [2.75, 3.05) is 5.32 Å². The Labute approximate surface area is 131 Å². The first-order valence-corrected chi connectivity index (χ1v) is 7.29. The first-order valence-electron chi connectivity index (χ1n) is 6.11. The largest absolute Gasteiger partial charge is 0.324 e. The summed E-state index contributed by atoms with van der Waals surface area (Å²) >= 11 is 9.21. The first-order chi connectivity index (χ1) is 9.56. The Morgan fingerprint density at radius 3 is 2.60 bits per heavy atom. The van der Waals surface area contributed by atoms with E-state index in [-0.39, 0.29) is 5.91 Å². The molecular weight excluding hydrogens is 340 g/mol. The minimum Gasteiger partial charge on any atom is -0.324 e.